The summed E-state index contributed by atoms with van der Waals surface area (Å²) in [5.41, 5.74) is -3.10. The molecule has 5 nitrogen and oxygen atoms in total. The number of oxazole rings is 1. The van der Waals surface area contributed by atoms with Crippen LogP contribution in [0.2, 0.25) is 0 Å². The van der Waals surface area contributed by atoms with Crippen LogP contribution in [0.4, 0.5) is 26.3 Å². The predicted molar refractivity (Wildman–Crippen MR) is 99.4 cm³/mol. The molecule has 3 aromatic rings. The Balaban J connectivity index is 1.95. The molecule has 2 aromatic carbocycles. The second kappa shape index (κ2) is 9.01. The van der Waals surface area contributed by atoms with Crippen LogP contribution in [0.3, 0.4) is 0 Å². The van der Waals surface area contributed by atoms with Crippen LogP contribution < -0.4 is 0 Å². The second-order valence-corrected chi connectivity index (χ2v) is 6.83. The van der Waals surface area contributed by atoms with Gasteiger partial charge in [-0.2, -0.15) is 26.3 Å². The molecule has 0 bridgehead atoms. The fourth-order valence-corrected chi connectivity index (χ4v) is 3.12. The van der Waals surface area contributed by atoms with E-state index in [0.717, 1.165) is 30.3 Å². The SMILES string of the molecule is O=COCCCC(=O)Cc1ccc2nc(-c3ccc(C(F)(F)F)cc3)oc2c1C(F)(F)F. The Bertz CT molecular complexity index is 1120. The molecule has 1 aromatic heterocycles. The predicted octanol–water partition coefficient (Wildman–Crippen LogP) is 5.60. The molecule has 170 valence electrons. The van der Waals surface area contributed by atoms with Gasteiger partial charge in [0.05, 0.1) is 12.2 Å². The number of carbonyl (C=O) groups excluding carboxylic acids is 2. The monoisotopic (exact) mass is 459 g/mol. The van der Waals surface area contributed by atoms with Gasteiger partial charge in [0.1, 0.15) is 16.9 Å². The molecule has 0 saturated heterocycles. The van der Waals surface area contributed by atoms with Crippen molar-refractivity contribution in [2.24, 2.45) is 0 Å². The summed E-state index contributed by atoms with van der Waals surface area (Å²) in [6.45, 7) is 0.178. The van der Waals surface area contributed by atoms with Gasteiger partial charge in [-0.15, -0.1) is 0 Å². The van der Waals surface area contributed by atoms with Crippen molar-refractivity contribution >= 4 is 23.4 Å². The largest absolute Gasteiger partial charge is 0.468 e. The van der Waals surface area contributed by atoms with Crippen molar-refractivity contribution in [2.75, 3.05) is 6.61 Å². The van der Waals surface area contributed by atoms with E-state index in [1.165, 1.54) is 6.07 Å². The summed E-state index contributed by atoms with van der Waals surface area (Å²) in [4.78, 5) is 26.1. The summed E-state index contributed by atoms with van der Waals surface area (Å²) in [6, 6.07) is 6.00. The first-order valence-electron chi connectivity index (χ1n) is 9.25. The number of ether oxygens (including phenoxy) is 1. The maximum atomic E-state index is 13.8. The van der Waals surface area contributed by atoms with Gasteiger partial charge in [0.25, 0.3) is 6.47 Å². The minimum absolute atomic E-state index is 0.0288. The molecule has 3 rings (SSSR count). The molecular formula is C21H15F6NO4. The van der Waals surface area contributed by atoms with Crippen LogP contribution in [-0.4, -0.2) is 23.8 Å². The zero-order valence-electron chi connectivity index (χ0n) is 16.2. The standard InChI is InChI=1S/C21H15F6NO4/c22-20(23,24)14-6-3-12(4-7-14)19-28-16-8-5-13(10-15(30)2-1-9-31-11-29)17(18(16)32-19)21(25,26)27/h3-8,11H,1-2,9-10H2. The van der Waals surface area contributed by atoms with E-state index in [1.807, 2.05) is 0 Å². The lowest BCUT2D eigenvalue weighted by atomic mass is 9.99. The number of ketones is 1. The Hall–Kier alpha value is -3.37. The number of fused-ring (bicyclic) bond motifs is 1. The quantitative estimate of drug-likeness (QED) is 0.249. The number of alkyl halides is 6. The number of hydrogen-bond acceptors (Lipinski definition) is 5. The first-order chi connectivity index (χ1) is 15.0. The molecule has 0 aliphatic heterocycles. The third-order valence-corrected chi connectivity index (χ3v) is 4.56. The summed E-state index contributed by atoms with van der Waals surface area (Å²) in [7, 11) is 0. The summed E-state index contributed by atoms with van der Waals surface area (Å²) in [6.07, 6.45) is -9.88. The van der Waals surface area contributed by atoms with Crippen LogP contribution >= 0.6 is 0 Å². The average Bonchev–Trinajstić information content (AvgIpc) is 3.13. The molecule has 11 heteroatoms. The smallest absolute Gasteiger partial charge is 0.420 e. The lowest BCUT2D eigenvalue weighted by Crippen LogP contribution is -2.13. The summed E-state index contributed by atoms with van der Waals surface area (Å²) in [5, 5.41) is 0. The zero-order valence-corrected chi connectivity index (χ0v) is 16.2. The van der Waals surface area contributed by atoms with E-state index in [0.29, 0.717) is 0 Å². The van der Waals surface area contributed by atoms with Crippen molar-refractivity contribution in [3.05, 3.63) is 53.1 Å². The van der Waals surface area contributed by atoms with E-state index in [2.05, 4.69) is 9.72 Å². The highest BCUT2D eigenvalue weighted by molar-refractivity contribution is 5.86. The van der Waals surface area contributed by atoms with Crippen LogP contribution in [0.5, 0.6) is 0 Å². The molecule has 0 fully saturated rings. The van der Waals surface area contributed by atoms with Gasteiger partial charge in [0.15, 0.2) is 5.58 Å². The van der Waals surface area contributed by atoms with E-state index in [-0.39, 0.29) is 48.5 Å². The van der Waals surface area contributed by atoms with E-state index in [1.54, 1.807) is 0 Å². The molecule has 0 N–H and O–H groups in total. The maximum Gasteiger partial charge on any atom is 0.420 e. The number of benzene rings is 2. The average molecular weight is 459 g/mol. The van der Waals surface area contributed by atoms with Crippen molar-refractivity contribution in [1.29, 1.82) is 0 Å². The minimum atomic E-state index is -4.87. The van der Waals surface area contributed by atoms with Crippen molar-refractivity contribution in [2.45, 2.75) is 31.6 Å². The Morgan fingerprint density at radius 1 is 1.00 bits per heavy atom. The van der Waals surface area contributed by atoms with E-state index in [9.17, 15) is 35.9 Å². The van der Waals surface area contributed by atoms with Gasteiger partial charge in [-0.1, -0.05) is 6.07 Å². The van der Waals surface area contributed by atoms with Crippen molar-refractivity contribution < 1.29 is 45.1 Å². The lowest BCUT2D eigenvalue weighted by Gasteiger charge is -2.12. The number of Topliss-reactive ketones (excluding diaryl/α,β-unsaturated/α-hetero) is 1. The van der Waals surface area contributed by atoms with E-state index >= 15 is 0 Å². The molecule has 1 heterocycles. The molecule has 0 saturated carbocycles. The molecule has 0 unspecified atom stereocenters. The molecular weight excluding hydrogens is 444 g/mol. The van der Waals surface area contributed by atoms with Crippen molar-refractivity contribution in [3.8, 4) is 11.5 Å². The van der Waals surface area contributed by atoms with Gasteiger partial charge >= 0.3 is 12.4 Å². The summed E-state index contributed by atoms with van der Waals surface area (Å²) < 4.78 is 89.3. The first kappa shape index (κ1) is 23.3. The summed E-state index contributed by atoms with van der Waals surface area (Å²) >= 11 is 0. The van der Waals surface area contributed by atoms with Crippen molar-refractivity contribution in [1.82, 2.24) is 4.98 Å². The number of rotatable bonds is 8. The number of aromatic nitrogens is 1. The molecule has 0 aliphatic carbocycles. The third kappa shape index (κ3) is 5.27. The lowest BCUT2D eigenvalue weighted by molar-refractivity contribution is -0.138. The summed E-state index contributed by atoms with van der Waals surface area (Å²) in [5.74, 6) is -0.777. The van der Waals surface area contributed by atoms with Gasteiger partial charge in [0.2, 0.25) is 5.89 Å². The fourth-order valence-electron chi connectivity index (χ4n) is 3.12. The maximum absolute atomic E-state index is 13.8. The third-order valence-electron chi connectivity index (χ3n) is 4.56. The Labute approximate surface area is 177 Å². The molecule has 0 spiro atoms. The number of hydrogen-bond donors (Lipinski definition) is 0. The van der Waals surface area contributed by atoms with Crippen molar-refractivity contribution in [3.63, 3.8) is 0 Å². The van der Waals surface area contributed by atoms with Gasteiger partial charge in [-0.25, -0.2) is 4.98 Å². The van der Waals surface area contributed by atoms with E-state index in [4.69, 9.17) is 4.42 Å². The Morgan fingerprint density at radius 2 is 1.69 bits per heavy atom. The minimum Gasteiger partial charge on any atom is -0.468 e. The zero-order chi connectivity index (χ0) is 23.5. The highest BCUT2D eigenvalue weighted by atomic mass is 19.4. The van der Waals surface area contributed by atoms with Gasteiger partial charge in [0, 0.05) is 18.4 Å². The topological polar surface area (TPSA) is 69.4 Å². The number of halogens is 6. The molecule has 0 amide bonds. The second-order valence-electron chi connectivity index (χ2n) is 6.83. The van der Waals surface area contributed by atoms with Crippen LogP contribution in [-0.2, 0) is 33.1 Å². The number of nitrogens with zero attached hydrogens (tertiary/aromatic N) is 1. The fraction of sp³-hybridized carbons (Fsp3) is 0.286. The molecule has 0 atom stereocenters. The van der Waals surface area contributed by atoms with Crippen LogP contribution in [0.25, 0.3) is 22.6 Å². The highest BCUT2D eigenvalue weighted by Crippen LogP contribution is 2.40. The van der Waals surface area contributed by atoms with Crippen LogP contribution in [0, 0.1) is 0 Å². The molecule has 0 radical (unpaired) electrons. The van der Waals surface area contributed by atoms with Gasteiger partial charge in [-0.05, 0) is 42.3 Å². The van der Waals surface area contributed by atoms with Crippen LogP contribution in [0.15, 0.2) is 40.8 Å². The first-order valence-corrected chi connectivity index (χ1v) is 9.25. The Kier molecular flexibility index (Phi) is 6.56. The van der Waals surface area contributed by atoms with Crippen LogP contribution in [0.1, 0.15) is 29.5 Å². The van der Waals surface area contributed by atoms with Gasteiger partial charge in [-0.3, -0.25) is 9.59 Å². The number of carbonyl (C=O) groups is 2. The highest BCUT2D eigenvalue weighted by Gasteiger charge is 2.38. The Morgan fingerprint density at radius 3 is 2.28 bits per heavy atom. The molecule has 0 aliphatic rings. The van der Waals surface area contributed by atoms with Gasteiger partial charge < -0.3 is 9.15 Å². The normalized spacial score (nSPS) is 12.2. The molecule has 32 heavy (non-hydrogen) atoms. The van der Waals surface area contributed by atoms with E-state index < -0.39 is 41.3 Å².